The van der Waals surface area contributed by atoms with E-state index in [1.165, 1.54) is 0 Å². The van der Waals surface area contributed by atoms with Gasteiger partial charge in [-0.15, -0.1) is 10.2 Å². The van der Waals surface area contributed by atoms with Crippen LogP contribution in [-0.2, 0) is 10.2 Å². The standard InChI is InChI=1S/C11H15N5O/c12-8-11(1-5-17-6-2-11)10-15-14-9-7-13-3-4-16(9)10/h3-4,7H,1-2,5-6,8,12H2. The molecule has 0 amide bonds. The minimum Gasteiger partial charge on any atom is -0.381 e. The SMILES string of the molecule is NCC1(c2nnc3cnccn23)CCOCC1. The van der Waals surface area contributed by atoms with Gasteiger partial charge in [-0.05, 0) is 12.8 Å². The Morgan fingerprint density at radius 1 is 1.35 bits per heavy atom. The molecular weight excluding hydrogens is 218 g/mol. The van der Waals surface area contributed by atoms with Crippen molar-refractivity contribution in [3.05, 3.63) is 24.4 Å². The van der Waals surface area contributed by atoms with Crippen LogP contribution in [0.15, 0.2) is 18.6 Å². The highest BCUT2D eigenvalue weighted by Crippen LogP contribution is 2.32. The quantitative estimate of drug-likeness (QED) is 0.797. The molecule has 90 valence electrons. The molecule has 17 heavy (non-hydrogen) atoms. The average molecular weight is 233 g/mol. The van der Waals surface area contributed by atoms with E-state index in [0.29, 0.717) is 6.54 Å². The maximum Gasteiger partial charge on any atom is 0.179 e. The summed E-state index contributed by atoms with van der Waals surface area (Å²) in [5, 5.41) is 8.44. The Morgan fingerprint density at radius 2 is 2.18 bits per heavy atom. The summed E-state index contributed by atoms with van der Waals surface area (Å²) in [6.07, 6.45) is 7.13. The van der Waals surface area contributed by atoms with Crippen LogP contribution in [0.2, 0.25) is 0 Å². The van der Waals surface area contributed by atoms with Crippen molar-refractivity contribution in [1.29, 1.82) is 0 Å². The number of rotatable bonds is 2. The summed E-state index contributed by atoms with van der Waals surface area (Å²) in [6.45, 7) is 2.04. The highest BCUT2D eigenvalue weighted by atomic mass is 16.5. The normalized spacial score (nSPS) is 19.6. The number of ether oxygens (including phenoxy) is 1. The van der Waals surface area contributed by atoms with Gasteiger partial charge >= 0.3 is 0 Å². The molecule has 3 rings (SSSR count). The van der Waals surface area contributed by atoms with E-state index in [4.69, 9.17) is 10.5 Å². The summed E-state index contributed by atoms with van der Waals surface area (Å²) in [5.74, 6) is 0.931. The summed E-state index contributed by atoms with van der Waals surface area (Å²) < 4.78 is 7.39. The Kier molecular flexibility index (Phi) is 2.53. The minimum atomic E-state index is -0.112. The summed E-state index contributed by atoms with van der Waals surface area (Å²) >= 11 is 0. The first-order valence-electron chi connectivity index (χ1n) is 5.79. The van der Waals surface area contributed by atoms with Crippen molar-refractivity contribution < 1.29 is 4.74 Å². The smallest absolute Gasteiger partial charge is 0.179 e. The Morgan fingerprint density at radius 3 is 2.94 bits per heavy atom. The van der Waals surface area contributed by atoms with E-state index in [9.17, 15) is 0 Å². The van der Waals surface area contributed by atoms with E-state index in [1.807, 2.05) is 10.6 Å². The fraction of sp³-hybridized carbons (Fsp3) is 0.545. The van der Waals surface area contributed by atoms with Gasteiger partial charge in [0.25, 0.3) is 0 Å². The van der Waals surface area contributed by atoms with Crippen molar-refractivity contribution in [3.63, 3.8) is 0 Å². The molecule has 3 heterocycles. The second-order valence-corrected chi connectivity index (χ2v) is 4.42. The molecule has 1 saturated heterocycles. The number of hydrogen-bond acceptors (Lipinski definition) is 5. The number of aromatic nitrogens is 4. The molecule has 6 heteroatoms. The summed E-state index contributed by atoms with van der Waals surface area (Å²) in [7, 11) is 0. The molecule has 1 aliphatic heterocycles. The van der Waals surface area contributed by atoms with E-state index in [0.717, 1.165) is 37.5 Å². The molecule has 2 aromatic heterocycles. The van der Waals surface area contributed by atoms with Gasteiger partial charge in [-0.25, -0.2) is 0 Å². The fourth-order valence-electron chi connectivity index (χ4n) is 2.40. The maximum atomic E-state index is 5.97. The van der Waals surface area contributed by atoms with Crippen LogP contribution in [0.3, 0.4) is 0 Å². The third kappa shape index (κ3) is 1.60. The molecule has 0 unspecified atom stereocenters. The van der Waals surface area contributed by atoms with Crippen LogP contribution >= 0.6 is 0 Å². The highest BCUT2D eigenvalue weighted by molar-refractivity contribution is 5.35. The van der Waals surface area contributed by atoms with Crippen LogP contribution in [0, 0.1) is 0 Å². The lowest BCUT2D eigenvalue weighted by Crippen LogP contribution is -2.42. The third-order valence-electron chi connectivity index (χ3n) is 3.53. The number of hydrogen-bond donors (Lipinski definition) is 1. The molecule has 0 saturated carbocycles. The van der Waals surface area contributed by atoms with Crippen LogP contribution in [0.25, 0.3) is 5.65 Å². The van der Waals surface area contributed by atoms with Gasteiger partial charge in [0.1, 0.15) is 5.82 Å². The van der Waals surface area contributed by atoms with E-state index in [2.05, 4.69) is 15.2 Å². The van der Waals surface area contributed by atoms with Crippen LogP contribution in [0.5, 0.6) is 0 Å². The van der Waals surface area contributed by atoms with E-state index >= 15 is 0 Å². The van der Waals surface area contributed by atoms with Crippen molar-refractivity contribution >= 4 is 5.65 Å². The predicted molar refractivity (Wildman–Crippen MR) is 61.6 cm³/mol. The lowest BCUT2D eigenvalue weighted by atomic mass is 9.79. The lowest BCUT2D eigenvalue weighted by Gasteiger charge is -2.34. The van der Waals surface area contributed by atoms with E-state index < -0.39 is 0 Å². The van der Waals surface area contributed by atoms with Gasteiger partial charge in [-0.3, -0.25) is 9.38 Å². The van der Waals surface area contributed by atoms with Crippen molar-refractivity contribution in [2.45, 2.75) is 18.3 Å². The van der Waals surface area contributed by atoms with Crippen LogP contribution in [0.1, 0.15) is 18.7 Å². The lowest BCUT2D eigenvalue weighted by molar-refractivity contribution is 0.0496. The number of nitrogens with zero attached hydrogens (tertiary/aromatic N) is 4. The Bertz CT molecular complexity index is 517. The van der Waals surface area contributed by atoms with Gasteiger partial charge in [0.2, 0.25) is 0 Å². The molecule has 0 aliphatic carbocycles. The average Bonchev–Trinajstić information content (AvgIpc) is 2.84. The van der Waals surface area contributed by atoms with Crippen molar-refractivity contribution in [2.24, 2.45) is 5.73 Å². The van der Waals surface area contributed by atoms with E-state index in [1.54, 1.807) is 12.4 Å². The van der Waals surface area contributed by atoms with Gasteiger partial charge < -0.3 is 10.5 Å². The first-order chi connectivity index (χ1) is 8.36. The van der Waals surface area contributed by atoms with Crippen LogP contribution < -0.4 is 5.73 Å². The van der Waals surface area contributed by atoms with Crippen molar-refractivity contribution in [3.8, 4) is 0 Å². The Hall–Kier alpha value is -1.53. The van der Waals surface area contributed by atoms with Gasteiger partial charge in [0, 0.05) is 37.6 Å². The molecule has 2 aromatic rings. The maximum absolute atomic E-state index is 5.97. The summed E-state index contributed by atoms with van der Waals surface area (Å²) in [4.78, 5) is 4.04. The van der Waals surface area contributed by atoms with Gasteiger partial charge in [0.15, 0.2) is 5.65 Å². The second kappa shape index (κ2) is 4.05. The second-order valence-electron chi connectivity index (χ2n) is 4.42. The Balaban J connectivity index is 2.12. The zero-order valence-corrected chi connectivity index (χ0v) is 9.54. The van der Waals surface area contributed by atoms with Gasteiger partial charge in [-0.2, -0.15) is 0 Å². The molecule has 2 N–H and O–H groups in total. The molecule has 0 bridgehead atoms. The fourth-order valence-corrected chi connectivity index (χ4v) is 2.40. The number of nitrogens with two attached hydrogens (primary N) is 1. The molecule has 0 atom stereocenters. The van der Waals surface area contributed by atoms with Crippen molar-refractivity contribution in [1.82, 2.24) is 19.6 Å². The predicted octanol–water partition coefficient (Wildman–Crippen LogP) is 0.131. The van der Waals surface area contributed by atoms with Crippen LogP contribution in [0.4, 0.5) is 0 Å². The summed E-state index contributed by atoms with van der Waals surface area (Å²) in [5.41, 5.74) is 6.62. The zero-order chi connectivity index (χ0) is 11.7. The molecular formula is C11H15N5O. The van der Waals surface area contributed by atoms with Gasteiger partial charge in [0.05, 0.1) is 6.20 Å². The third-order valence-corrected chi connectivity index (χ3v) is 3.53. The molecule has 1 aliphatic rings. The molecule has 0 spiro atoms. The first-order valence-corrected chi connectivity index (χ1v) is 5.79. The Labute approximate surface area is 98.8 Å². The summed E-state index contributed by atoms with van der Waals surface area (Å²) in [6, 6.07) is 0. The molecule has 6 nitrogen and oxygen atoms in total. The van der Waals surface area contributed by atoms with Crippen LogP contribution in [-0.4, -0.2) is 39.3 Å². The topological polar surface area (TPSA) is 78.3 Å². The molecule has 1 fully saturated rings. The van der Waals surface area contributed by atoms with Gasteiger partial charge in [-0.1, -0.05) is 0 Å². The van der Waals surface area contributed by atoms with Crippen molar-refractivity contribution in [2.75, 3.05) is 19.8 Å². The zero-order valence-electron chi connectivity index (χ0n) is 9.54. The minimum absolute atomic E-state index is 0.112. The van der Waals surface area contributed by atoms with E-state index in [-0.39, 0.29) is 5.41 Å². The largest absolute Gasteiger partial charge is 0.381 e. The monoisotopic (exact) mass is 233 g/mol. The molecule has 0 aromatic carbocycles. The molecule has 0 radical (unpaired) electrons. The highest BCUT2D eigenvalue weighted by Gasteiger charge is 2.37. The number of fused-ring (bicyclic) bond motifs is 1. The first kappa shape index (κ1) is 10.6.